The maximum atomic E-state index is 8.43. The zero-order valence-electron chi connectivity index (χ0n) is 3.96. The topological polar surface area (TPSA) is 29.5 Å². The van der Waals surface area contributed by atoms with Crippen LogP contribution in [0.1, 0.15) is 0 Å². The van der Waals surface area contributed by atoms with Crippen molar-refractivity contribution in [3.63, 3.8) is 0 Å². The van der Waals surface area contributed by atoms with Crippen LogP contribution in [-0.2, 0) is 4.74 Å². The van der Waals surface area contributed by atoms with Gasteiger partial charge in [0.1, 0.15) is 0 Å². The van der Waals surface area contributed by atoms with Gasteiger partial charge in [-0.1, -0.05) is 0 Å². The predicted molar refractivity (Wildman–Crippen MR) is 29.3 cm³/mol. The van der Waals surface area contributed by atoms with Crippen LogP contribution in [0, 0.1) is 0 Å². The van der Waals surface area contributed by atoms with Gasteiger partial charge in [-0.15, -0.1) is 11.8 Å². The van der Waals surface area contributed by atoms with Gasteiger partial charge in [-0.2, -0.15) is 0 Å². The highest BCUT2D eigenvalue weighted by Crippen LogP contribution is 2.14. The highest BCUT2D eigenvalue weighted by atomic mass is 32.2. The van der Waals surface area contributed by atoms with Crippen molar-refractivity contribution in [1.29, 1.82) is 0 Å². The lowest BCUT2D eigenvalue weighted by Gasteiger charge is -1.99. The largest absolute Gasteiger partial charge is 0.394 e. The van der Waals surface area contributed by atoms with E-state index in [9.17, 15) is 0 Å². The molecule has 3 heteroatoms. The number of thioether (sulfide) groups is 1. The second-order valence-corrected chi connectivity index (χ2v) is 2.44. The molecule has 1 aliphatic rings. The number of hydrogen-bond acceptors (Lipinski definition) is 3. The molecular weight excluding hydrogens is 112 g/mol. The summed E-state index contributed by atoms with van der Waals surface area (Å²) in [7, 11) is 0. The number of rotatable bonds is 1. The molecule has 0 aliphatic carbocycles. The molecule has 0 radical (unpaired) electrons. The molecule has 0 aromatic rings. The van der Waals surface area contributed by atoms with E-state index < -0.39 is 0 Å². The summed E-state index contributed by atoms with van der Waals surface area (Å²) in [6, 6.07) is 0. The van der Waals surface area contributed by atoms with Crippen molar-refractivity contribution < 1.29 is 9.84 Å². The Morgan fingerprint density at radius 1 is 1.86 bits per heavy atom. The van der Waals surface area contributed by atoms with Gasteiger partial charge in [0.25, 0.3) is 0 Å². The van der Waals surface area contributed by atoms with E-state index >= 15 is 0 Å². The van der Waals surface area contributed by atoms with E-state index in [-0.39, 0.29) is 12.7 Å². The third kappa shape index (κ3) is 1.33. The molecule has 1 unspecified atom stereocenters. The third-order valence-electron chi connectivity index (χ3n) is 0.894. The van der Waals surface area contributed by atoms with Gasteiger partial charge in [-0.3, -0.25) is 0 Å². The van der Waals surface area contributed by atoms with E-state index in [2.05, 4.69) is 0 Å². The molecular formula is C4H8O2S. The lowest BCUT2D eigenvalue weighted by molar-refractivity contribution is 0.0683. The normalized spacial score (nSPS) is 31.3. The van der Waals surface area contributed by atoms with Gasteiger partial charge in [0.05, 0.1) is 18.6 Å². The Morgan fingerprint density at radius 3 is 3.00 bits per heavy atom. The van der Waals surface area contributed by atoms with Crippen molar-refractivity contribution in [3.8, 4) is 0 Å². The molecule has 1 N–H and O–H groups in total. The molecule has 0 spiro atoms. The highest BCUT2D eigenvalue weighted by molar-refractivity contribution is 7.99. The Morgan fingerprint density at radius 2 is 2.71 bits per heavy atom. The molecule has 7 heavy (non-hydrogen) atoms. The molecule has 0 bridgehead atoms. The molecule has 1 rings (SSSR count). The van der Waals surface area contributed by atoms with Gasteiger partial charge >= 0.3 is 0 Å². The maximum Gasteiger partial charge on any atom is 0.0927 e. The number of aliphatic hydroxyl groups excluding tert-OH is 1. The highest BCUT2D eigenvalue weighted by Gasteiger charge is 2.13. The molecule has 0 aromatic carbocycles. The minimum atomic E-state index is 0.116. The van der Waals surface area contributed by atoms with Gasteiger partial charge in [0.15, 0.2) is 0 Å². The summed E-state index contributed by atoms with van der Waals surface area (Å²) in [6.07, 6.45) is 0.116. The van der Waals surface area contributed by atoms with Gasteiger partial charge in [0, 0.05) is 5.75 Å². The van der Waals surface area contributed by atoms with Gasteiger partial charge in [-0.25, -0.2) is 0 Å². The Balaban J connectivity index is 2.14. The molecule has 1 heterocycles. The van der Waals surface area contributed by atoms with E-state index in [4.69, 9.17) is 9.84 Å². The fourth-order valence-corrected chi connectivity index (χ4v) is 1.33. The van der Waals surface area contributed by atoms with Crippen LogP contribution in [0.2, 0.25) is 0 Å². The monoisotopic (exact) mass is 120 g/mol. The van der Waals surface area contributed by atoms with Crippen molar-refractivity contribution in [3.05, 3.63) is 0 Å². The minimum Gasteiger partial charge on any atom is -0.394 e. The maximum absolute atomic E-state index is 8.43. The van der Waals surface area contributed by atoms with Crippen molar-refractivity contribution >= 4 is 11.8 Å². The molecule has 0 aromatic heterocycles. The number of hydrogen-bond donors (Lipinski definition) is 1. The fourth-order valence-electron chi connectivity index (χ4n) is 0.477. The Hall–Kier alpha value is 0.270. The quantitative estimate of drug-likeness (QED) is 0.531. The molecule has 1 aliphatic heterocycles. The molecule has 1 atom stereocenters. The summed E-state index contributed by atoms with van der Waals surface area (Å²) in [6.45, 7) is 0.174. The lowest BCUT2D eigenvalue weighted by atomic mass is 10.4. The molecule has 1 fully saturated rings. The summed E-state index contributed by atoms with van der Waals surface area (Å²) >= 11 is 1.72. The van der Waals surface area contributed by atoms with Crippen LogP contribution < -0.4 is 0 Å². The van der Waals surface area contributed by atoms with E-state index in [1.54, 1.807) is 11.8 Å². The second kappa shape index (κ2) is 2.55. The molecule has 1 saturated heterocycles. The summed E-state index contributed by atoms with van der Waals surface area (Å²) in [5.41, 5.74) is 0. The summed E-state index contributed by atoms with van der Waals surface area (Å²) in [5.74, 6) is 1.71. The lowest BCUT2D eigenvalue weighted by Crippen LogP contribution is -2.12. The average molecular weight is 120 g/mol. The molecule has 42 valence electrons. The molecule has 0 amide bonds. The van der Waals surface area contributed by atoms with E-state index in [0.29, 0.717) is 0 Å². The van der Waals surface area contributed by atoms with Crippen LogP contribution in [0.3, 0.4) is 0 Å². The van der Waals surface area contributed by atoms with Crippen molar-refractivity contribution in [2.75, 3.05) is 18.3 Å². The average Bonchev–Trinajstić information content (AvgIpc) is 2.14. The van der Waals surface area contributed by atoms with E-state index in [0.717, 1.165) is 11.7 Å². The van der Waals surface area contributed by atoms with Crippen LogP contribution in [-0.4, -0.2) is 29.5 Å². The van der Waals surface area contributed by atoms with Crippen LogP contribution in [0.5, 0.6) is 0 Å². The zero-order valence-corrected chi connectivity index (χ0v) is 4.78. The number of aliphatic hydroxyl groups is 1. The summed E-state index contributed by atoms with van der Waals surface area (Å²) < 4.78 is 5.02. The molecule has 0 saturated carbocycles. The van der Waals surface area contributed by atoms with E-state index in [1.165, 1.54) is 0 Å². The van der Waals surface area contributed by atoms with E-state index in [1.807, 2.05) is 0 Å². The molecule has 2 nitrogen and oxygen atoms in total. The first kappa shape index (κ1) is 5.41. The summed E-state index contributed by atoms with van der Waals surface area (Å²) in [5, 5.41) is 8.43. The zero-order chi connectivity index (χ0) is 5.11. The first-order valence-corrected chi connectivity index (χ1v) is 3.39. The van der Waals surface area contributed by atoms with Crippen molar-refractivity contribution in [2.24, 2.45) is 0 Å². The SMILES string of the molecule is OCC1CSCO1. The van der Waals surface area contributed by atoms with Crippen LogP contribution in [0.25, 0.3) is 0 Å². The van der Waals surface area contributed by atoms with Gasteiger partial charge in [-0.05, 0) is 0 Å². The van der Waals surface area contributed by atoms with Crippen LogP contribution in [0.4, 0.5) is 0 Å². The minimum absolute atomic E-state index is 0.116. The number of ether oxygens (including phenoxy) is 1. The second-order valence-electron chi connectivity index (χ2n) is 1.46. The summed E-state index contributed by atoms with van der Waals surface area (Å²) in [4.78, 5) is 0. The third-order valence-corrected chi connectivity index (χ3v) is 1.80. The van der Waals surface area contributed by atoms with Gasteiger partial charge < -0.3 is 9.84 Å². The first-order chi connectivity index (χ1) is 3.43. The Bertz CT molecular complexity index is 51.7. The van der Waals surface area contributed by atoms with Crippen molar-refractivity contribution in [1.82, 2.24) is 0 Å². The van der Waals surface area contributed by atoms with Crippen molar-refractivity contribution in [2.45, 2.75) is 6.10 Å². The predicted octanol–water partition coefficient (Wildman–Crippen LogP) is 0.0682. The smallest absolute Gasteiger partial charge is 0.0927 e. The fraction of sp³-hybridized carbons (Fsp3) is 1.00. The van der Waals surface area contributed by atoms with Gasteiger partial charge in [0.2, 0.25) is 0 Å². The van der Waals surface area contributed by atoms with Crippen LogP contribution in [0.15, 0.2) is 0 Å². The Labute approximate surface area is 46.9 Å². The Kier molecular flexibility index (Phi) is 1.97. The van der Waals surface area contributed by atoms with Crippen LogP contribution >= 0.6 is 11.8 Å². The first-order valence-electron chi connectivity index (χ1n) is 2.23. The standard InChI is InChI=1S/C4H8O2S/c5-1-4-2-7-3-6-4/h4-5H,1-3H2.